The molecule has 0 fully saturated rings. The van der Waals surface area contributed by atoms with Crippen LogP contribution < -0.4 is 5.73 Å². The van der Waals surface area contributed by atoms with Crippen LogP contribution in [0.25, 0.3) is 10.9 Å². The van der Waals surface area contributed by atoms with Crippen molar-refractivity contribution in [2.75, 3.05) is 0 Å². The molecule has 0 aliphatic carbocycles. The van der Waals surface area contributed by atoms with Crippen molar-refractivity contribution in [3.8, 4) is 0 Å². The molecule has 1 aromatic carbocycles. The second kappa shape index (κ2) is 3.22. The minimum atomic E-state index is -0.776. The molecule has 0 aliphatic heterocycles. The first-order valence-electron chi connectivity index (χ1n) is 3.98. The average Bonchev–Trinajstić information content (AvgIpc) is 2.57. The van der Waals surface area contributed by atoms with Crippen LogP contribution in [-0.4, -0.2) is 4.98 Å². The molecule has 2 aromatic rings. The summed E-state index contributed by atoms with van der Waals surface area (Å²) in [4.78, 5) is 2.79. The van der Waals surface area contributed by atoms with E-state index in [-0.39, 0.29) is 11.9 Å². The van der Waals surface area contributed by atoms with E-state index in [1.54, 1.807) is 0 Å². The molecule has 14 heavy (non-hydrogen) atoms. The fourth-order valence-corrected chi connectivity index (χ4v) is 1.50. The molecule has 1 heterocycles. The molecule has 1 aromatic heterocycles. The van der Waals surface area contributed by atoms with E-state index < -0.39 is 16.7 Å². The Morgan fingerprint density at radius 3 is 2.71 bits per heavy atom. The Bertz CT molecular complexity index is 493. The Kier molecular flexibility index (Phi) is 2.17. The molecule has 2 nitrogen and oxygen atoms in total. The van der Waals surface area contributed by atoms with Gasteiger partial charge in [0, 0.05) is 17.6 Å². The molecule has 5 heteroatoms. The van der Waals surface area contributed by atoms with Gasteiger partial charge in [0.25, 0.3) is 0 Å². The van der Waals surface area contributed by atoms with Gasteiger partial charge in [-0.05, 0) is 12.1 Å². The van der Waals surface area contributed by atoms with Crippen LogP contribution >= 0.6 is 11.6 Å². The summed E-state index contributed by atoms with van der Waals surface area (Å²) in [7, 11) is 0. The van der Waals surface area contributed by atoms with Gasteiger partial charge in [0.15, 0.2) is 5.82 Å². The zero-order chi connectivity index (χ0) is 10.3. The van der Waals surface area contributed by atoms with Gasteiger partial charge in [0.05, 0.1) is 5.52 Å². The topological polar surface area (TPSA) is 41.8 Å². The lowest BCUT2D eigenvalue weighted by atomic mass is 10.2. The van der Waals surface area contributed by atoms with Crippen LogP contribution in [0.5, 0.6) is 0 Å². The highest BCUT2D eigenvalue weighted by Gasteiger charge is 2.13. The first-order chi connectivity index (χ1) is 6.63. The Morgan fingerprint density at radius 1 is 1.36 bits per heavy atom. The Labute approximate surface area is 83.7 Å². The fraction of sp³-hybridized carbons (Fsp3) is 0.111. The number of nitrogens with one attached hydrogen (secondary N) is 1. The average molecular weight is 217 g/mol. The van der Waals surface area contributed by atoms with Crippen LogP contribution in [0.3, 0.4) is 0 Å². The van der Waals surface area contributed by atoms with Gasteiger partial charge in [0.1, 0.15) is 10.8 Å². The summed E-state index contributed by atoms with van der Waals surface area (Å²) < 4.78 is 26.4. The molecule has 0 bridgehead atoms. The lowest BCUT2D eigenvalue weighted by Crippen LogP contribution is -1.94. The number of benzene rings is 1. The van der Waals surface area contributed by atoms with Gasteiger partial charge >= 0.3 is 0 Å². The minimum absolute atomic E-state index is 0.243. The molecule has 2 rings (SSSR count). The second-order valence-electron chi connectivity index (χ2n) is 2.95. The lowest BCUT2D eigenvalue weighted by Gasteiger charge is -1.97. The van der Waals surface area contributed by atoms with Crippen molar-refractivity contribution in [2.24, 2.45) is 5.73 Å². The van der Waals surface area contributed by atoms with Crippen molar-refractivity contribution < 1.29 is 8.78 Å². The van der Waals surface area contributed by atoms with E-state index in [0.717, 1.165) is 6.07 Å². The molecule has 0 amide bonds. The van der Waals surface area contributed by atoms with Crippen molar-refractivity contribution in [2.45, 2.75) is 6.54 Å². The van der Waals surface area contributed by atoms with Gasteiger partial charge in [-0.25, -0.2) is 8.78 Å². The third-order valence-corrected chi connectivity index (χ3v) is 2.38. The maximum absolute atomic E-state index is 13.4. The van der Waals surface area contributed by atoms with E-state index in [4.69, 9.17) is 17.3 Å². The number of halogens is 3. The van der Waals surface area contributed by atoms with Crippen LogP contribution in [0, 0.1) is 11.6 Å². The predicted octanol–water partition coefficient (Wildman–Crippen LogP) is 2.56. The van der Waals surface area contributed by atoms with Crippen molar-refractivity contribution in [3.63, 3.8) is 0 Å². The lowest BCUT2D eigenvalue weighted by molar-refractivity contribution is 0.593. The van der Waals surface area contributed by atoms with Gasteiger partial charge in [0.2, 0.25) is 0 Å². The third-order valence-electron chi connectivity index (χ3n) is 2.03. The van der Waals surface area contributed by atoms with Gasteiger partial charge in [-0.15, -0.1) is 0 Å². The van der Waals surface area contributed by atoms with E-state index in [0.29, 0.717) is 11.2 Å². The second-order valence-corrected chi connectivity index (χ2v) is 3.32. The number of rotatable bonds is 1. The predicted molar refractivity (Wildman–Crippen MR) is 51.1 cm³/mol. The summed E-state index contributed by atoms with van der Waals surface area (Å²) in [5, 5.41) is -0.225. The first-order valence-corrected chi connectivity index (χ1v) is 4.36. The van der Waals surface area contributed by atoms with E-state index in [1.807, 2.05) is 0 Å². The van der Waals surface area contributed by atoms with Gasteiger partial charge in [-0.2, -0.15) is 0 Å². The van der Waals surface area contributed by atoms with E-state index in [2.05, 4.69) is 4.98 Å². The first kappa shape index (κ1) is 9.43. The molecular weight excluding hydrogens is 210 g/mol. The van der Waals surface area contributed by atoms with Crippen LogP contribution in [0.15, 0.2) is 12.1 Å². The molecule has 0 saturated heterocycles. The molecule has 0 aliphatic rings. The number of fused-ring (bicyclic) bond motifs is 1. The third kappa shape index (κ3) is 1.27. The monoisotopic (exact) mass is 216 g/mol. The number of aromatic nitrogens is 1. The number of hydrogen-bond donors (Lipinski definition) is 2. The van der Waals surface area contributed by atoms with Crippen LogP contribution in [0.4, 0.5) is 8.78 Å². The molecule has 0 spiro atoms. The van der Waals surface area contributed by atoms with Crippen molar-refractivity contribution in [1.82, 2.24) is 4.98 Å². The molecule has 0 saturated carbocycles. The van der Waals surface area contributed by atoms with E-state index in [1.165, 1.54) is 6.07 Å². The summed E-state index contributed by atoms with van der Waals surface area (Å²) in [6.07, 6.45) is 0. The normalized spacial score (nSPS) is 11.1. The molecule has 0 atom stereocenters. The Morgan fingerprint density at radius 2 is 2.07 bits per heavy atom. The summed E-state index contributed by atoms with van der Waals surface area (Å²) in [5.74, 6) is -1.53. The van der Waals surface area contributed by atoms with Crippen molar-refractivity contribution in [3.05, 3.63) is 34.5 Å². The molecule has 0 radical (unpaired) electrons. The van der Waals surface area contributed by atoms with Gasteiger partial charge in [-0.1, -0.05) is 11.6 Å². The fourth-order valence-electron chi connectivity index (χ4n) is 1.35. The molecule has 0 unspecified atom stereocenters. The number of aromatic amines is 1. The highest BCUT2D eigenvalue weighted by atomic mass is 35.5. The molecule has 3 N–H and O–H groups in total. The van der Waals surface area contributed by atoms with Crippen molar-refractivity contribution in [1.29, 1.82) is 0 Å². The highest BCUT2D eigenvalue weighted by molar-refractivity contribution is 6.31. The summed E-state index contributed by atoms with van der Waals surface area (Å²) in [6, 6.07) is 2.68. The van der Waals surface area contributed by atoms with E-state index >= 15 is 0 Å². The number of hydrogen-bond acceptors (Lipinski definition) is 1. The largest absolute Gasteiger partial charge is 0.357 e. The zero-order valence-corrected chi connectivity index (χ0v) is 7.83. The van der Waals surface area contributed by atoms with Crippen LogP contribution in [0.2, 0.25) is 5.02 Å². The minimum Gasteiger partial charge on any atom is -0.357 e. The van der Waals surface area contributed by atoms with Gasteiger partial charge < -0.3 is 10.7 Å². The highest BCUT2D eigenvalue weighted by Crippen LogP contribution is 2.27. The van der Waals surface area contributed by atoms with E-state index in [9.17, 15) is 8.78 Å². The summed E-state index contributed by atoms with van der Waals surface area (Å²) >= 11 is 5.41. The Hall–Kier alpha value is -1.13. The van der Waals surface area contributed by atoms with Crippen molar-refractivity contribution >= 4 is 22.5 Å². The maximum atomic E-state index is 13.4. The number of H-pyrrole nitrogens is 1. The molecular formula is C9H7ClF2N2. The zero-order valence-electron chi connectivity index (χ0n) is 7.07. The summed E-state index contributed by atoms with van der Waals surface area (Å²) in [5.41, 5.74) is 6.36. The molecule has 74 valence electrons. The SMILES string of the molecule is NCc1cc2c(F)c(Cl)c(F)cc2[nH]1. The van der Waals surface area contributed by atoms with Crippen LogP contribution in [0.1, 0.15) is 5.69 Å². The van der Waals surface area contributed by atoms with Gasteiger partial charge in [-0.3, -0.25) is 0 Å². The smallest absolute Gasteiger partial charge is 0.154 e. The maximum Gasteiger partial charge on any atom is 0.154 e. The van der Waals surface area contributed by atoms with Crippen LogP contribution in [-0.2, 0) is 6.54 Å². The summed E-state index contributed by atoms with van der Waals surface area (Å²) in [6.45, 7) is 0.243. The number of nitrogens with two attached hydrogens (primary N) is 1. The Balaban J connectivity index is 2.81. The quantitative estimate of drug-likeness (QED) is 0.707. The standard InChI is InChI=1S/C9H7ClF2N2/c10-8-6(11)2-7-5(9(8)12)1-4(3-13)14-7/h1-2,14H,3,13H2.